The molecule has 0 aliphatic carbocycles. The van der Waals surface area contributed by atoms with Crippen LogP contribution < -0.4 is 0 Å². The van der Waals surface area contributed by atoms with E-state index in [4.69, 9.17) is 9.84 Å². The van der Waals surface area contributed by atoms with Gasteiger partial charge < -0.3 is 9.84 Å². The van der Waals surface area contributed by atoms with Crippen molar-refractivity contribution in [3.8, 4) is 5.69 Å². The topological polar surface area (TPSA) is 94.3 Å². The van der Waals surface area contributed by atoms with Crippen molar-refractivity contribution in [2.45, 2.75) is 18.9 Å². The minimum Gasteiger partial charge on any atom is -0.478 e. The molecule has 108 valence electrons. The number of aromatic carboxylic acids is 1. The summed E-state index contributed by atoms with van der Waals surface area (Å²) in [6.45, 7) is 0.645. The summed E-state index contributed by atoms with van der Waals surface area (Å²) in [5, 5.41) is 16.8. The molecule has 1 N–H and O–H groups in total. The number of rotatable bonds is 4. The molecule has 1 saturated heterocycles. The van der Waals surface area contributed by atoms with E-state index in [0.717, 1.165) is 12.8 Å². The Morgan fingerprint density at radius 2 is 2.14 bits per heavy atom. The van der Waals surface area contributed by atoms with E-state index in [2.05, 4.69) is 10.3 Å². The highest BCUT2D eigenvalue weighted by Gasteiger charge is 2.27. The summed E-state index contributed by atoms with van der Waals surface area (Å²) in [7, 11) is 0. The van der Waals surface area contributed by atoms with Crippen molar-refractivity contribution in [1.29, 1.82) is 0 Å². The third-order valence-corrected chi connectivity index (χ3v) is 3.44. The van der Waals surface area contributed by atoms with E-state index in [1.54, 1.807) is 12.1 Å². The lowest BCUT2D eigenvalue weighted by Crippen LogP contribution is -2.09. The number of carbonyl (C=O) groups excluding carboxylic acids is 1. The van der Waals surface area contributed by atoms with Crippen LogP contribution >= 0.6 is 0 Å². The molecule has 2 aromatic rings. The summed E-state index contributed by atoms with van der Waals surface area (Å²) in [5.41, 5.74) is 1.70. The Morgan fingerprint density at radius 1 is 1.38 bits per heavy atom. The highest BCUT2D eigenvalue weighted by atomic mass is 16.5. The summed E-state index contributed by atoms with van der Waals surface area (Å²) in [6, 6.07) is 6.23. The first-order valence-corrected chi connectivity index (χ1v) is 6.57. The van der Waals surface area contributed by atoms with Crippen molar-refractivity contribution in [3.05, 3.63) is 41.2 Å². The largest absolute Gasteiger partial charge is 0.478 e. The van der Waals surface area contributed by atoms with E-state index >= 15 is 0 Å². The van der Waals surface area contributed by atoms with Gasteiger partial charge in [-0.15, -0.1) is 5.10 Å². The fraction of sp³-hybridized carbons (Fsp3) is 0.286. The SMILES string of the molecule is O=Cc1nnn(-c2ccc(C(=O)O)cc2)c1C1CCCO1. The Balaban J connectivity index is 2.03. The average Bonchev–Trinajstić information content (AvgIpc) is 3.15. The van der Waals surface area contributed by atoms with Crippen molar-refractivity contribution in [1.82, 2.24) is 15.0 Å². The highest BCUT2D eigenvalue weighted by Crippen LogP contribution is 2.31. The van der Waals surface area contributed by atoms with Gasteiger partial charge in [0.15, 0.2) is 12.0 Å². The molecule has 1 aromatic carbocycles. The van der Waals surface area contributed by atoms with Crippen LogP contribution in [0.1, 0.15) is 45.5 Å². The minimum atomic E-state index is -0.993. The lowest BCUT2D eigenvalue weighted by molar-refractivity contribution is 0.0696. The number of hydrogen-bond donors (Lipinski definition) is 1. The second kappa shape index (κ2) is 5.45. The summed E-state index contributed by atoms with van der Waals surface area (Å²) < 4.78 is 7.14. The predicted molar refractivity (Wildman–Crippen MR) is 71.6 cm³/mol. The van der Waals surface area contributed by atoms with Gasteiger partial charge >= 0.3 is 5.97 Å². The first kappa shape index (κ1) is 13.4. The van der Waals surface area contributed by atoms with Crippen molar-refractivity contribution < 1.29 is 19.4 Å². The first-order chi connectivity index (χ1) is 10.2. The Hall–Kier alpha value is -2.54. The summed E-state index contributed by atoms with van der Waals surface area (Å²) >= 11 is 0. The van der Waals surface area contributed by atoms with Crippen molar-refractivity contribution in [2.75, 3.05) is 6.61 Å². The Kier molecular flexibility index (Phi) is 3.49. The van der Waals surface area contributed by atoms with E-state index in [0.29, 0.717) is 24.3 Å². The van der Waals surface area contributed by atoms with Crippen LogP contribution in [-0.2, 0) is 4.74 Å². The van der Waals surface area contributed by atoms with Crippen molar-refractivity contribution >= 4 is 12.3 Å². The number of aromatic nitrogens is 3. The lowest BCUT2D eigenvalue weighted by atomic mass is 10.1. The van der Waals surface area contributed by atoms with Crippen molar-refractivity contribution in [2.24, 2.45) is 0 Å². The zero-order valence-corrected chi connectivity index (χ0v) is 11.1. The van der Waals surface area contributed by atoms with Gasteiger partial charge in [-0.05, 0) is 37.1 Å². The van der Waals surface area contributed by atoms with Gasteiger partial charge in [-0.3, -0.25) is 4.79 Å². The molecule has 0 spiro atoms. The molecule has 1 aliphatic rings. The molecular formula is C14H13N3O4. The fourth-order valence-electron chi connectivity index (χ4n) is 2.42. The molecule has 1 fully saturated rings. The molecule has 21 heavy (non-hydrogen) atoms. The maximum atomic E-state index is 11.1. The number of ether oxygens (including phenoxy) is 1. The first-order valence-electron chi connectivity index (χ1n) is 6.57. The van der Waals surface area contributed by atoms with Gasteiger partial charge in [0, 0.05) is 6.61 Å². The van der Waals surface area contributed by atoms with E-state index < -0.39 is 5.97 Å². The molecule has 0 amide bonds. The number of hydrogen-bond acceptors (Lipinski definition) is 5. The Labute approximate surface area is 120 Å². The molecule has 0 radical (unpaired) electrons. The molecule has 7 heteroatoms. The normalized spacial score (nSPS) is 17.8. The number of nitrogens with zero attached hydrogens (tertiary/aromatic N) is 3. The third kappa shape index (κ3) is 2.43. The number of carboxylic acid groups (broad SMARTS) is 1. The zero-order valence-electron chi connectivity index (χ0n) is 11.1. The van der Waals surface area contributed by atoms with Gasteiger partial charge in [0.2, 0.25) is 0 Å². The lowest BCUT2D eigenvalue weighted by Gasteiger charge is -2.12. The molecular weight excluding hydrogens is 274 g/mol. The summed E-state index contributed by atoms with van der Waals surface area (Å²) in [4.78, 5) is 22.0. The van der Waals surface area contributed by atoms with Gasteiger partial charge in [0.05, 0.1) is 11.3 Å². The Bertz CT molecular complexity index is 672. The standard InChI is InChI=1S/C14H13N3O4/c18-8-11-13(12-2-1-7-21-12)17(16-15-11)10-5-3-9(4-6-10)14(19)20/h3-6,8,12H,1-2,7H2,(H,19,20). The van der Waals surface area contributed by atoms with Gasteiger partial charge in [-0.25, -0.2) is 9.48 Å². The second-order valence-corrected chi connectivity index (χ2v) is 4.74. The van der Waals surface area contributed by atoms with E-state index in [9.17, 15) is 9.59 Å². The highest BCUT2D eigenvalue weighted by molar-refractivity contribution is 5.87. The van der Waals surface area contributed by atoms with Crippen LogP contribution in [0.5, 0.6) is 0 Å². The van der Waals surface area contributed by atoms with Gasteiger partial charge in [0.1, 0.15) is 11.8 Å². The third-order valence-electron chi connectivity index (χ3n) is 3.44. The maximum absolute atomic E-state index is 11.1. The summed E-state index contributed by atoms with van der Waals surface area (Å²) in [6.07, 6.45) is 2.18. The predicted octanol–water partition coefficient (Wildman–Crippen LogP) is 1.63. The summed E-state index contributed by atoms with van der Waals surface area (Å²) in [5.74, 6) is -0.993. The van der Waals surface area contributed by atoms with Crippen LogP contribution in [0.2, 0.25) is 0 Å². The van der Waals surface area contributed by atoms with E-state index in [-0.39, 0.29) is 17.4 Å². The quantitative estimate of drug-likeness (QED) is 0.859. The van der Waals surface area contributed by atoms with Crippen LogP contribution in [0.4, 0.5) is 0 Å². The molecule has 0 saturated carbocycles. The average molecular weight is 287 g/mol. The maximum Gasteiger partial charge on any atom is 0.335 e. The minimum absolute atomic E-state index is 0.188. The van der Waals surface area contributed by atoms with E-state index in [1.165, 1.54) is 16.8 Å². The second-order valence-electron chi connectivity index (χ2n) is 4.74. The molecule has 1 aromatic heterocycles. The van der Waals surface area contributed by atoms with E-state index in [1.807, 2.05) is 0 Å². The molecule has 7 nitrogen and oxygen atoms in total. The molecule has 3 rings (SSSR count). The molecule has 0 bridgehead atoms. The molecule has 1 aliphatic heterocycles. The van der Waals surface area contributed by atoms with Gasteiger partial charge in [-0.2, -0.15) is 0 Å². The van der Waals surface area contributed by atoms with Crippen LogP contribution in [0.3, 0.4) is 0 Å². The van der Waals surface area contributed by atoms with Crippen molar-refractivity contribution in [3.63, 3.8) is 0 Å². The van der Waals surface area contributed by atoms with Gasteiger partial charge in [-0.1, -0.05) is 5.21 Å². The smallest absolute Gasteiger partial charge is 0.335 e. The Morgan fingerprint density at radius 3 is 2.71 bits per heavy atom. The van der Waals surface area contributed by atoms with Crippen LogP contribution in [0.15, 0.2) is 24.3 Å². The molecule has 2 heterocycles. The number of aldehydes is 1. The van der Waals surface area contributed by atoms with Gasteiger partial charge in [0.25, 0.3) is 0 Å². The van der Waals surface area contributed by atoms with Crippen LogP contribution in [0, 0.1) is 0 Å². The fourth-order valence-corrected chi connectivity index (χ4v) is 2.42. The van der Waals surface area contributed by atoms with Crippen LogP contribution in [0.25, 0.3) is 5.69 Å². The molecule has 1 atom stereocenters. The number of carbonyl (C=O) groups is 2. The number of benzene rings is 1. The van der Waals surface area contributed by atoms with Crippen LogP contribution in [-0.4, -0.2) is 39.0 Å². The monoisotopic (exact) mass is 287 g/mol. The molecule has 1 unspecified atom stereocenters. The number of carboxylic acids is 1. The zero-order chi connectivity index (χ0) is 14.8.